The zero-order valence-electron chi connectivity index (χ0n) is 9.64. The number of rotatable bonds is 4. The zero-order chi connectivity index (χ0) is 11.6. The molecule has 5 nitrogen and oxygen atoms in total. The van der Waals surface area contributed by atoms with Crippen molar-refractivity contribution < 1.29 is 4.79 Å². The van der Waals surface area contributed by atoms with Crippen LogP contribution in [0, 0.1) is 17.4 Å². The lowest BCUT2D eigenvalue weighted by Gasteiger charge is -2.24. The predicted molar refractivity (Wildman–Crippen MR) is 63.3 cm³/mol. The molecule has 0 aromatic heterocycles. The lowest BCUT2D eigenvalue weighted by Crippen LogP contribution is -2.51. The summed E-state index contributed by atoms with van der Waals surface area (Å²) in [7, 11) is 0. The molecule has 0 aromatic carbocycles. The van der Waals surface area contributed by atoms with E-state index in [0.717, 1.165) is 4.90 Å². The number of nitriles is 1. The van der Waals surface area contributed by atoms with Crippen LogP contribution in [0.5, 0.6) is 0 Å². The number of nitrogens with zero attached hydrogens (tertiary/aromatic N) is 2. The number of hydrogen-bond donors (Lipinski definition) is 2. The van der Waals surface area contributed by atoms with Crippen LogP contribution >= 0.6 is 12.4 Å². The second-order valence-corrected chi connectivity index (χ2v) is 4.61. The van der Waals surface area contributed by atoms with E-state index < -0.39 is 11.7 Å². The van der Waals surface area contributed by atoms with Crippen LogP contribution in [-0.4, -0.2) is 22.5 Å². The summed E-state index contributed by atoms with van der Waals surface area (Å²) < 4.78 is 0. The first-order chi connectivity index (χ1) is 6.90. The first-order valence-corrected chi connectivity index (χ1v) is 5.19. The molecule has 0 radical (unpaired) electrons. The summed E-state index contributed by atoms with van der Waals surface area (Å²) in [5.74, 6) is -0.0244. The van der Waals surface area contributed by atoms with Gasteiger partial charge in [0, 0.05) is 0 Å². The van der Waals surface area contributed by atoms with Gasteiger partial charge < -0.3 is 11.5 Å². The highest BCUT2D eigenvalue weighted by Crippen LogP contribution is 2.36. The summed E-state index contributed by atoms with van der Waals surface area (Å²) in [6.45, 7) is 3.97. The van der Waals surface area contributed by atoms with Crippen molar-refractivity contribution in [2.24, 2.45) is 17.4 Å². The van der Waals surface area contributed by atoms with Gasteiger partial charge >= 0.3 is 0 Å². The lowest BCUT2D eigenvalue weighted by molar-refractivity contribution is -0.132. The Morgan fingerprint density at radius 2 is 2.06 bits per heavy atom. The van der Waals surface area contributed by atoms with Crippen LogP contribution in [0.3, 0.4) is 0 Å². The van der Waals surface area contributed by atoms with Gasteiger partial charge in [-0.25, -0.2) is 4.90 Å². The molecular weight excluding hydrogens is 228 g/mol. The maximum absolute atomic E-state index is 11.8. The summed E-state index contributed by atoms with van der Waals surface area (Å²) in [6.07, 6.45) is 3.78. The summed E-state index contributed by atoms with van der Waals surface area (Å²) >= 11 is 0. The van der Waals surface area contributed by atoms with Gasteiger partial charge in [-0.1, -0.05) is 13.8 Å². The van der Waals surface area contributed by atoms with E-state index in [0.29, 0.717) is 25.2 Å². The van der Waals surface area contributed by atoms with Gasteiger partial charge in [-0.15, -0.1) is 12.4 Å². The Morgan fingerprint density at radius 3 is 2.38 bits per heavy atom. The molecule has 0 bridgehead atoms. The van der Waals surface area contributed by atoms with Crippen molar-refractivity contribution in [3.63, 3.8) is 0 Å². The van der Waals surface area contributed by atoms with Crippen molar-refractivity contribution in [1.29, 1.82) is 5.26 Å². The van der Waals surface area contributed by atoms with Crippen LogP contribution in [-0.2, 0) is 4.79 Å². The molecule has 1 aliphatic carbocycles. The normalized spacial score (nSPS) is 18.2. The zero-order valence-corrected chi connectivity index (χ0v) is 10.5. The Hall–Kier alpha value is -0.830. The van der Waals surface area contributed by atoms with Crippen LogP contribution in [0.2, 0.25) is 0 Å². The standard InChI is InChI=1S/C10H18N4O.ClH/c1-7(2)5-8(12)9(15)14(6-11)10(13)3-4-10;/h7-8H,3-5,12-13H2,1-2H3;1H/t8-;/m0./s1. The highest BCUT2D eigenvalue weighted by atomic mass is 35.5. The molecule has 1 amide bonds. The van der Waals surface area contributed by atoms with Crippen LogP contribution in [0.15, 0.2) is 0 Å². The maximum Gasteiger partial charge on any atom is 0.254 e. The Balaban J connectivity index is 0.00000225. The fraction of sp³-hybridized carbons (Fsp3) is 0.800. The van der Waals surface area contributed by atoms with E-state index >= 15 is 0 Å². The smallest absolute Gasteiger partial charge is 0.254 e. The molecule has 6 heteroatoms. The highest BCUT2D eigenvalue weighted by Gasteiger charge is 2.48. The molecule has 1 aliphatic rings. The first-order valence-electron chi connectivity index (χ1n) is 5.19. The SMILES string of the molecule is CC(C)C[C@H](N)C(=O)N(C#N)C1(N)CC1.Cl. The van der Waals surface area contributed by atoms with Crippen molar-refractivity contribution in [3.05, 3.63) is 0 Å². The number of hydrogen-bond acceptors (Lipinski definition) is 4. The van der Waals surface area contributed by atoms with Crippen LogP contribution in [0.1, 0.15) is 33.1 Å². The van der Waals surface area contributed by atoms with E-state index in [-0.39, 0.29) is 18.3 Å². The third kappa shape index (κ3) is 3.34. The van der Waals surface area contributed by atoms with Crippen molar-refractivity contribution in [1.82, 2.24) is 4.90 Å². The first kappa shape index (κ1) is 15.2. The van der Waals surface area contributed by atoms with Crippen molar-refractivity contribution in [2.75, 3.05) is 0 Å². The van der Waals surface area contributed by atoms with E-state index in [2.05, 4.69) is 0 Å². The molecule has 0 saturated heterocycles. The van der Waals surface area contributed by atoms with Crippen molar-refractivity contribution in [2.45, 2.75) is 44.8 Å². The minimum absolute atomic E-state index is 0. The molecule has 4 N–H and O–H groups in total. The summed E-state index contributed by atoms with van der Waals surface area (Å²) in [5, 5.41) is 8.87. The van der Waals surface area contributed by atoms with Crippen molar-refractivity contribution >= 4 is 18.3 Å². The van der Waals surface area contributed by atoms with Gasteiger partial charge in [0.25, 0.3) is 5.91 Å². The fourth-order valence-corrected chi connectivity index (χ4v) is 1.49. The summed E-state index contributed by atoms with van der Waals surface area (Å²) in [4.78, 5) is 12.8. The summed E-state index contributed by atoms with van der Waals surface area (Å²) in [6, 6.07) is -0.620. The number of amides is 1. The molecule has 0 aromatic rings. The van der Waals surface area contributed by atoms with Gasteiger partial charge in [-0.2, -0.15) is 5.26 Å². The average molecular weight is 247 g/mol. The van der Waals surface area contributed by atoms with E-state index in [1.807, 2.05) is 20.0 Å². The molecule has 0 spiro atoms. The van der Waals surface area contributed by atoms with Gasteiger partial charge in [-0.05, 0) is 25.2 Å². The predicted octanol–water partition coefficient (Wildman–Crippen LogP) is 0.540. The van der Waals surface area contributed by atoms with Gasteiger partial charge in [-0.3, -0.25) is 4.79 Å². The van der Waals surface area contributed by atoms with E-state index in [9.17, 15) is 4.79 Å². The van der Waals surface area contributed by atoms with Crippen LogP contribution in [0.4, 0.5) is 0 Å². The molecule has 0 heterocycles. The molecule has 0 aliphatic heterocycles. The van der Waals surface area contributed by atoms with E-state index in [1.54, 1.807) is 0 Å². The maximum atomic E-state index is 11.8. The second kappa shape index (κ2) is 5.48. The molecule has 1 saturated carbocycles. The number of carbonyl (C=O) groups is 1. The molecule has 1 fully saturated rings. The second-order valence-electron chi connectivity index (χ2n) is 4.61. The minimum atomic E-state index is -0.750. The van der Waals surface area contributed by atoms with Gasteiger partial charge in [0.15, 0.2) is 6.19 Å². The third-order valence-electron chi connectivity index (χ3n) is 2.57. The Bertz CT molecular complexity index is 296. The highest BCUT2D eigenvalue weighted by molar-refractivity contribution is 5.85. The molecule has 0 unspecified atom stereocenters. The number of nitrogens with two attached hydrogens (primary N) is 2. The number of carbonyl (C=O) groups excluding carboxylic acids is 1. The summed E-state index contributed by atoms with van der Waals surface area (Å²) in [5.41, 5.74) is 10.8. The molecule has 1 atom stereocenters. The minimum Gasteiger partial charge on any atom is -0.320 e. The molecule has 1 rings (SSSR count). The molecular formula is C10H19ClN4O. The number of halogens is 1. The quantitative estimate of drug-likeness (QED) is 0.430. The Labute approximate surface area is 102 Å². The monoisotopic (exact) mass is 246 g/mol. The van der Waals surface area contributed by atoms with Gasteiger partial charge in [0.05, 0.1) is 6.04 Å². The molecule has 16 heavy (non-hydrogen) atoms. The average Bonchev–Trinajstić information content (AvgIpc) is 2.84. The largest absolute Gasteiger partial charge is 0.320 e. The third-order valence-corrected chi connectivity index (χ3v) is 2.57. The Morgan fingerprint density at radius 1 is 1.56 bits per heavy atom. The molecule has 92 valence electrons. The fourth-order valence-electron chi connectivity index (χ4n) is 1.49. The van der Waals surface area contributed by atoms with Gasteiger partial charge in [0.1, 0.15) is 5.66 Å². The topological polar surface area (TPSA) is 96.1 Å². The van der Waals surface area contributed by atoms with E-state index in [4.69, 9.17) is 16.7 Å². The lowest BCUT2D eigenvalue weighted by atomic mass is 10.0. The van der Waals surface area contributed by atoms with Crippen LogP contribution < -0.4 is 11.5 Å². The van der Waals surface area contributed by atoms with Crippen LogP contribution in [0.25, 0.3) is 0 Å². The van der Waals surface area contributed by atoms with Gasteiger partial charge in [0.2, 0.25) is 0 Å². The Kier molecular flexibility index (Phi) is 5.20. The van der Waals surface area contributed by atoms with E-state index in [1.165, 1.54) is 0 Å². The van der Waals surface area contributed by atoms with Crippen molar-refractivity contribution in [3.8, 4) is 6.19 Å².